The van der Waals surface area contributed by atoms with Crippen molar-refractivity contribution in [1.82, 2.24) is 4.90 Å². The standard InChI is InChI=1S/C23H29ClN2O4S/c1-3-25(4-2)20-9-5-18(6-10-20)15-26(21-13-14-31(28,29)17-21)23(27)16-30-22-11-7-19(24)8-12-22/h5-12,21H,3-4,13-17H2,1-2H3. The van der Waals surface area contributed by atoms with Gasteiger partial charge in [0.1, 0.15) is 5.75 Å². The van der Waals surface area contributed by atoms with E-state index in [4.69, 9.17) is 16.3 Å². The summed E-state index contributed by atoms with van der Waals surface area (Å²) >= 11 is 5.89. The first-order valence-corrected chi connectivity index (χ1v) is 12.7. The van der Waals surface area contributed by atoms with Gasteiger partial charge >= 0.3 is 0 Å². The van der Waals surface area contributed by atoms with E-state index in [0.717, 1.165) is 24.3 Å². The molecule has 1 aliphatic heterocycles. The number of carbonyl (C=O) groups is 1. The van der Waals surface area contributed by atoms with Crippen molar-refractivity contribution >= 4 is 33.0 Å². The van der Waals surface area contributed by atoms with Gasteiger partial charge in [-0.1, -0.05) is 23.7 Å². The van der Waals surface area contributed by atoms with E-state index in [9.17, 15) is 13.2 Å². The SMILES string of the molecule is CCN(CC)c1ccc(CN(C(=O)COc2ccc(Cl)cc2)C2CCS(=O)(=O)C2)cc1. The third-order valence-corrected chi connectivity index (χ3v) is 7.57. The lowest BCUT2D eigenvalue weighted by Crippen LogP contribution is -2.43. The Morgan fingerprint density at radius 1 is 1.06 bits per heavy atom. The number of rotatable bonds is 9. The molecule has 31 heavy (non-hydrogen) atoms. The maximum atomic E-state index is 13.0. The lowest BCUT2D eigenvalue weighted by Gasteiger charge is -2.29. The molecule has 1 fully saturated rings. The summed E-state index contributed by atoms with van der Waals surface area (Å²) < 4.78 is 29.7. The fourth-order valence-electron chi connectivity index (χ4n) is 3.80. The van der Waals surface area contributed by atoms with Crippen LogP contribution in [0.5, 0.6) is 5.75 Å². The van der Waals surface area contributed by atoms with E-state index >= 15 is 0 Å². The molecule has 6 nitrogen and oxygen atoms in total. The highest BCUT2D eigenvalue weighted by atomic mass is 35.5. The number of carbonyl (C=O) groups excluding carboxylic acids is 1. The van der Waals surface area contributed by atoms with Crippen LogP contribution < -0.4 is 9.64 Å². The summed E-state index contributed by atoms with van der Waals surface area (Å²) in [5.74, 6) is 0.419. The molecule has 0 N–H and O–H groups in total. The van der Waals surface area contributed by atoms with Crippen LogP contribution in [0.1, 0.15) is 25.8 Å². The number of sulfone groups is 1. The Hall–Kier alpha value is -2.25. The van der Waals surface area contributed by atoms with Gasteiger partial charge in [0.15, 0.2) is 16.4 Å². The fraction of sp³-hybridized carbons (Fsp3) is 0.435. The highest BCUT2D eigenvalue weighted by Crippen LogP contribution is 2.23. The van der Waals surface area contributed by atoms with E-state index < -0.39 is 9.84 Å². The second kappa shape index (κ2) is 10.4. The van der Waals surface area contributed by atoms with Gasteiger partial charge < -0.3 is 14.5 Å². The van der Waals surface area contributed by atoms with Crippen LogP contribution in [-0.4, -0.2) is 56.5 Å². The van der Waals surface area contributed by atoms with Gasteiger partial charge in [-0.15, -0.1) is 0 Å². The third kappa shape index (κ3) is 6.37. The molecule has 0 saturated carbocycles. The molecule has 0 spiro atoms. The molecule has 1 saturated heterocycles. The maximum absolute atomic E-state index is 13.0. The number of benzene rings is 2. The van der Waals surface area contributed by atoms with Crippen LogP contribution in [0, 0.1) is 0 Å². The lowest BCUT2D eigenvalue weighted by atomic mass is 10.1. The summed E-state index contributed by atoms with van der Waals surface area (Å²) in [5.41, 5.74) is 2.08. The minimum Gasteiger partial charge on any atom is -0.484 e. The van der Waals surface area contributed by atoms with Crippen molar-refractivity contribution in [3.63, 3.8) is 0 Å². The first kappa shape index (κ1) is 23.4. The molecule has 1 heterocycles. The fourth-order valence-corrected chi connectivity index (χ4v) is 5.66. The molecule has 0 aromatic heterocycles. The van der Waals surface area contributed by atoms with E-state index in [-0.39, 0.29) is 30.1 Å². The highest BCUT2D eigenvalue weighted by Gasteiger charge is 2.34. The Bertz CT molecular complexity index is 974. The van der Waals surface area contributed by atoms with Crippen molar-refractivity contribution < 1.29 is 17.9 Å². The molecule has 2 aromatic carbocycles. The van der Waals surface area contributed by atoms with E-state index in [1.165, 1.54) is 0 Å². The zero-order chi connectivity index (χ0) is 22.4. The van der Waals surface area contributed by atoms with Gasteiger partial charge in [-0.2, -0.15) is 0 Å². The molecule has 0 bridgehead atoms. The number of halogens is 1. The number of hydrogen-bond acceptors (Lipinski definition) is 5. The van der Waals surface area contributed by atoms with Crippen LogP contribution >= 0.6 is 11.6 Å². The third-order valence-electron chi connectivity index (χ3n) is 5.56. The zero-order valence-electron chi connectivity index (χ0n) is 18.0. The summed E-state index contributed by atoms with van der Waals surface area (Å²) in [4.78, 5) is 16.9. The van der Waals surface area contributed by atoms with Crippen molar-refractivity contribution in [2.24, 2.45) is 0 Å². The van der Waals surface area contributed by atoms with E-state index in [2.05, 4.69) is 18.7 Å². The summed E-state index contributed by atoms with van der Waals surface area (Å²) in [6, 6.07) is 14.5. The highest BCUT2D eigenvalue weighted by molar-refractivity contribution is 7.91. The topological polar surface area (TPSA) is 66.9 Å². The first-order valence-electron chi connectivity index (χ1n) is 10.5. The van der Waals surface area contributed by atoms with Crippen LogP contribution in [0.15, 0.2) is 48.5 Å². The van der Waals surface area contributed by atoms with Gasteiger partial charge in [-0.3, -0.25) is 4.79 Å². The Balaban J connectivity index is 1.73. The van der Waals surface area contributed by atoms with Gasteiger partial charge in [-0.25, -0.2) is 8.42 Å². The molecule has 0 radical (unpaired) electrons. The Morgan fingerprint density at radius 2 is 1.71 bits per heavy atom. The predicted molar refractivity (Wildman–Crippen MR) is 125 cm³/mol. The number of nitrogens with zero attached hydrogens (tertiary/aromatic N) is 2. The summed E-state index contributed by atoms with van der Waals surface area (Å²) in [6.45, 7) is 6.25. The molecule has 1 aliphatic rings. The van der Waals surface area contributed by atoms with Gasteiger partial charge in [-0.05, 0) is 62.2 Å². The van der Waals surface area contributed by atoms with Gasteiger partial charge in [0, 0.05) is 36.4 Å². The largest absolute Gasteiger partial charge is 0.484 e. The van der Waals surface area contributed by atoms with Crippen LogP contribution in [0.3, 0.4) is 0 Å². The average molecular weight is 465 g/mol. The summed E-state index contributed by atoms with van der Waals surface area (Å²) in [7, 11) is -3.12. The molecule has 1 unspecified atom stereocenters. The van der Waals surface area contributed by atoms with Crippen LogP contribution in [0.2, 0.25) is 5.02 Å². The van der Waals surface area contributed by atoms with E-state index in [1.807, 2.05) is 24.3 Å². The summed E-state index contributed by atoms with van der Waals surface area (Å²) in [5, 5.41) is 0.588. The first-order chi connectivity index (χ1) is 14.8. The Morgan fingerprint density at radius 3 is 2.26 bits per heavy atom. The van der Waals surface area contributed by atoms with E-state index in [0.29, 0.717) is 23.7 Å². The number of anilines is 1. The molecule has 1 amide bonds. The average Bonchev–Trinajstić information content (AvgIpc) is 3.12. The molecule has 3 rings (SSSR count). The molecule has 8 heteroatoms. The van der Waals surface area contributed by atoms with Crippen LogP contribution in [0.25, 0.3) is 0 Å². The van der Waals surface area contributed by atoms with Gasteiger partial charge in [0.2, 0.25) is 0 Å². The predicted octanol–water partition coefficient (Wildman–Crippen LogP) is 3.78. The number of hydrogen-bond donors (Lipinski definition) is 0. The zero-order valence-corrected chi connectivity index (χ0v) is 19.5. The van der Waals surface area contributed by atoms with Crippen molar-refractivity contribution in [2.45, 2.75) is 32.9 Å². The Labute approximate surface area is 189 Å². The van der Waals surface area contributed by atoms with Crippen molar-refractivity contribution in [3.05, 3.63) is 59.1 Å². The minimum atomic E-state index is -3.12. The molecular formula is C23H29ClN2O4S. The maximum Gasteiger partial charge on any atom is 0.261 e. The Kier molecular flexibility index (Phi) is 7.84. The number of ether oxygens (including phenoxy) is 1. The molecule has 2 aromatic rings. The summed E-state index contributed by atoms with van der Waals surface area (Å²) in [6.07, 6.45) is 0.451. The monoisotopic (exact) mass is 464 g/mol. The van der Waals surface area contributed by atoms with Crippen molar-refractivity contribution in [3.8, 4) is 5.75 Å². The van der Waals surface area contributed by atoms with Crippen molar-refractivity contribution in [1.29, 1.82) is 0 Å². The van der Waals surface area contributed by atoms with Crippen LogP contribution in [-0.2, 0) is 21.2 Å². The normalized spacial score (nSPS) is 17.3. The molecular weight excluding hydrogens is 436 g/mol. The van der Waals surface area contributed by atoms with E-state index in [1.54, 1.807) is 29.2 Å². The minimum absolute atomic E-state index is 0.00276. The lowest BCUT2D eigenvalue weighted by molar-refractivity contribution is -0.136. The smallest absolute Gasteiger partial charge is 0.261 e. The molecule has 0 aliphatic carbocycles. The molecule has 168 valence electrons. The second-order valence-corrected chi connectivity index (χ2v) is 10.3. The number of amides is 1. The van der Waals surface area contributed by atoms with Gasteiger partial charge in [0.05, 0.1) is 11.5 Å². The molecule has 1 atom stereocenters. The van der Waals surface area contributed by atoms with Gasteiger partial charge in [0.25, 0.3) is 5.91 Å². The van der Waals surface area contributed by atoms with Crippen molar-refractivity contribution in [2.75, 3.05) is 36.1 Å². The quantitative estimate of drug-likeness (QED) is 0.565. The van der Waals surface area contributed by atoms with Crippen LogP contribution in [0.4, 0.5) is 5.69 Å². The second-order valence-electron chi connectivity index (χ2n) is 7.66.